The van der Waals surface area contributed by atoms with Gasteiger partial charge in [0.2, 0.25) is 0 Å². The van der Waals surface area contributed by atoms with E-state index in [-0.39, 0.29) is 11.6 Å². The number of hydrogen-bond donors (Lipinski definition) is 1. The highest BCUT2D eigenvalue weighted by molar-refractivity contribution is 6.15. The van der Waals surface area contributed by atoms with Crippen molar-refractivity contribution in [3.05, 3.63) is 82.7 Å². The lowest BCUT2D eigenvalue weighted by molar-refractivity contribution is -0.137. The van der Waals surface area contributed by atoms with Crippen LogP contribution < -0.4 is 24.7 Å². The van der Waals surface area contributed by atoms with E-state index in [0.29, 0.717) is 30.2 Å². The number of halogens is 3. The smallest absolute Gasteiger partial charge is 0.418 e. The van der Waals surface area contributed by atoms with Crippen LogP contribution in [0.4, 0.5) is 24.5 Å². The molecule has 3 aliphatic rings. The maximum absolute atomic E-state index is 14.6. The van der Waals surface area contributed by atoms with Crippen LogP contribution in [0.3, 0.4) is 0 Å². The molecule has 0 spiro atoms. The molecule has 0 saturated carbocycles. The highest BCUT2D eigenvalue weighted by Gasteiger charge is 2.39. The minimum Gasteiger partial charge on any atom is -0.497 e. The molecule has 0 radical (unpaired) electrons. The Morgan fingerprint density at radius 2 is 1.79 bits per heavy atom. The van der Waals surface area contributed by atoms with Crippen molar-refractivity contribution in [1.29, 1.82) is 0 Å². The first-order valence-corrected chi connectivity index (χ1v) is 14.6. The van der Waals surface area contributed by atoms with E-state index in [1.807, 2.05) is 32.1 Å². The van der Waals surface area contributed by atoms with Gasteiger partial charge in [-0.2, -0.15) is 18.3 Å². The molecule has 0 aromatic heterocycles. The third-order valence-electron chi connectivity index (χ3n) is 8.23. The Labute approximate surface area is 246 Å². The first kappa shape index (κ1) is 29.6. The molecule has 2 heterocycles. The molecule has 1 N–H and O–H groups in total. The summed E-state index contributed by atoms with van der Waals surface area (Å²) in [7, 11) is 3.15. The molecule has 2 aromatic rings. The molecular formula is C33H39F3N4O2. The van der Waals surface area contributed by atoms with Gasteiger partial charge in [0, 0.05) is 48.6 Å². The average Bonchev–Trinajstić information content (AvgIpc) is 3.67. The molecule has 5 rings (SSSR count). The maximum Gasteiger partial charge on any atom is 0.418 e. The maximum atomic E-state index is 14.6. The summed E-state index contributed by atoms with van der Waals surface area (Å²) in [5.41, 5.74) is 5.26. The highest BCUT2D eigenvalue weighted by atomic mass is 19.4. The normalized spacial score (nSPS) is 19.7. The number of hydrogen-bond acceptors (Lipinski definition) is 6. The Balaban J connectivity index is 1.65. The van der Waals surface area contributed by atoms with Gasteiger partial charge in [0.1, 0.15) is 11.5 Å². The molecule has 1 unspecified atom stereocenters. The van der Waals surface area contributed by atoms with Crippen molar-refractivity contribution >= 4 is 17.1 Å². The van der Waals surface area contributed by atoms with Crippen LogP contribution in [-0.4, -0.2) is 39.6 Å². The first-order valence-electron chi connectivity index (χ1n) is 14.6. The summed E-state index contributed by atoms with van der Waals surface area (Å²) in [5.74, 6) is 1.42. The molecule has 1 aliphatic carbocycles. The minimum atomic E-state index is -4.56. The van der Waals surface area contributed by atoms with Crippen molar-refractivity contribution in [3.63, 3.8) is 0 Å². The zero-order valence-electron chi connectivity index (χ0n) is 24.8. The molecule has 2 aliphatic heterocycles. The van der Waals surface area contributed by atoms with Crippen molar-refractivity contribution in [2.45, 2.75) is 52.1 Å². The second-order valence-electron chi connectivity index (χ2n) is 10.9. The van der Waals surface area contributed by atoms with Crippen LogP contribution in [0.15, 0.2) is 76.7 Å². The lowest BCUT2D eigenvalue weighted by atomic mass is 9.95. The van der Waals surface area contributed by atoms with Crippen LogP contribution in [0.2, 0.25) is 0 Å². The zero-order valence-corrected chi connectivity index (χ0v) is 24.8. The Hall–Kier alpha value is -3.88. The summed E-state index contributed by atoms with van der Waals surface area (Å²) in [6.07, 6.45) is 1.49. The Kier molecular flexibility index (Phi) is 8.57. The number of methoxy groups -OCH3 is 2. The van der Waals surface area contributed by atoms with Gasteiger partial charge in [-0.25, -0.2) is 5.01 Å². The summed E-state index contributed by atoms with van der Waals surface area (Å²) in [6.45, 7) is 10.4. The van der Waals surface area contributed by atoms with E-state index >= 15 is 0 Å². The van der Waals surface area contributed by atoms with Gasteiger partial charge in [-0.1, -0.05) is 19.6 Å². The molecule has 1 saturated heterocycles. The van der Waals surface area contributed by atoms with Gasteiger partial charge < -0.3 is 19.7 Å². The van der Waals surface area contributed by atoms with Crippen LogP contribution in [0.5, 0.6) is 11.5 Å². The van der Waals surface area contributed by atoms with Gasteiger partial charge in [0.15, 0.2) is 0 Å². The predicted molar refractivity (Wildman–Crippen MR) is 162 cm³/mol. The lowest BCUT2D eigenvalue weighted by Gasteiger charge is -2.33. The fourth-order valence-corrected chi connectivity index (χ4v) is 6.17. The first-order chi connectivity index (χ1) is 20.2. The van der Waals surface area contributed by atoms with Crippen LogP contribution in [-0.2, 0) is 6.18 Å². The molecule has 9 heteroatoms. The number of ether oxygens (including phenoxy) is 2. The number of allylic oxidation sites excluding steroid dienone is 3. The molecule has 1 fully saturated rings. The van der Waals surface area contributed by atoms with Gasteiger partial charge in [0.05, 0.1) is 36.9 Å². The Bertz CT molecular complexity index is 1420. The summed E-state index contributed by atoms with van der Waals surface area (Å²) < 4.78 is 54.8. The summed E-state index contributed by atoms with van der Waals surface area (Å²) in [6, 6.07) is 9.92. The third-order valence-corrected chi connectivity index (χ3v) is 8.23. The van der Waals surface area contributed by atoms with Gasteiger partial charge in [-0.3, -0.25) is 0 Å². The van der Waals surface area contributed by atoms with E-state index in [9.17, 15) is 13.2 Å². The topological polar surface area (TPSA) is 49.3 Å². The molecule has 0 amide bonds. The number of benzene rings is 2. The second kappa shape index (κ2) is 12.2. The van der Waals surface area contributed by atoms with Crippen molar-refractivity contribution in [1.82, 2.24) is 5.32 Å². The summed E-state index contributed by atoms with van der Waals surface area (Å²) in [5, 5.41) is 9.82. The lowest BCUT2D eigenvalue weighted by Crippen LogP contribution is -2.29. The van der Waals surface area contributed by atoms with Crippen LogP contribution in [0, 0.1) is 5.92 Å². The number of anilines is 2. The van der Waals surface area contributed by atoms with Crippen LogP contribution in [0.1, 0.15) is 57.1 Å². The largest absolute Gasteiger partial charge is 0.497 e. The van der Waals surface area contributed by atoms with Gasteiger partial charge >= 0.3 is 6.18 Å². The van der Waals surface area contributed by atoms with E-state index in [4.69, 9.17) is 14.6 Å². The molecule has 1 atom stereocenters. The minimum absolute atomic E-state index is 0.0273. The van der Waals surface area contributed by atoms with Gasteiger partial charge in [0.25, 0.3) is 0 Å². The van der Waals surface area contributed by atoms with E-state index in [0.717, 1.165) is 72.6 Å². The fourth-order valence-electron chi connectivity index (χ4n) is 6.17. The second-order valence-corrected chi connectivity index (χ2v) is 10.9. The molecule has 42 heavy (non-hydrogen) atoms. The van der Waals surface area contributed by atoms with Crippen molar-refractivity contribution in [3.8, 4) is 11.5 Å². The highest BCUT2D eigenvalue weighted by Crippen LogP contribution is 2.46. The average molecular weight is 581 g/mol. The van der Waals surface area contributed by atoms with E-state index in [1.54, 1.807) is 32.4 Å². The van der Waals surface area contributed by atoms with Crippen molar-refractivity contribution in [2.75, 3.05) is 43.8 Å². The Morgan fingerprint density at radius 1 is 1.07 bits per heavy atom. The molecule has 0 bridgehead atoms. The molecular weight excluding hydrogens is 541 g/mol. The molecule has 2 aromatic carbocycles. The van der Waals surface area contributed by atoms with E-state index in [1.165, 1.54) is 11.1 Å². The third kappa shape index (κ3) is 5.74. The van der Waals surface area contributed by atoms with Crippen molar-refractivity contribution < 1.29 is 22.6 Å². The quantitative estimate of drug-likeness (QED) is 0.330. The van der Waals surface area contributed by atoms with Crippen LogP contribution in [0.25, 0.3) is 0 Å². The van der Waals surface area contributed by atoms with Crippen LogP contribution >= 0.6 is 0 Å². The van der Waals surface area contributed by atoms with Gasteiger partial charge in [-0.15, -0.1) is 0 Å². The SMILES string of the molecule is C=C(NCC)C1CCN(c2ccc(C(F)(F)F)c(N3N=C(c4cc(OC)cc(OC)c4)C4=C(CCC4)/C3=C\CC)c2)C1. The Morgan fingerprint density at radius 3 is 2.43 bits per heavy atom. The number of hydrazone groups is 1. The van der Waals surface area contributed by atoms with E-state index in [2.05, 4.69) is 16.8 Å². The number of nitrogens with zero attached hydrogens (tertiary/aromatic N) is 3. The monoisotopic (exact) mass is 580 g/mol. The zero-order chi connectivity index (χ0) is 30.0. The fraction of sp³-hybridized carbons (Fsp3) is 0.424. The van der Waals surface area contributed by atoms with E-state index < -0.39 is 11.7 Å². The van der Waals surface area contributed by atoms with Gasteiger partial charge in [-0.05, 0) is 80.5 Å². The van der Waals surface area contributed by atoms with Crippen molar-refractivity contribution in [2.24, 2.45) is 11.0 Å². The number of alkyl halides is 3. The summed E-state index contributed by atoms with van der Waals surface area (Å²) >= 11 is 0. The molecule has 224 valence electrons. The number of nitrogens with one attached hydrogen (secondary N) is 1. The molecule has 6 nitrogen and oxygen atoms in total. The standard InChI is InChI=1S/C33H39F3N4O2/c1-6-9-30-27-10-8-11-28(27)32(23-16-25(41-4)19-26(17-23)42-5)38-40(30)31-18-24(12-13-29(31)33(34,35)36)39-15-14-22(20-39)21(3)37-7-2/h9,12-13,16-19,22,37H,3,6-8,10-11,14-15,20H2,1-2,4-5H3/b30-9+. The number of rotatable bonds is 9. The summed E-state index contributed by atoms with van der Waals surface area (Å²) in [4.78, 5) is 2.14. The predicted octanol–water partition coefficient (Wildman–Crippen LogP) is 7.67.